The maximum absolute atomic E-state index is 9.60. The summed E-state index contributed by atoms with van der Waals surface area (Å²) in [6.07, 6.45) is 6.01. The third-order valence-corrected chi connectivity index (χ3v) is 9.24. The summed E-state index contributed by atoms with van der Waals surface area (Å²) in [6.45, 7) is 6.94. The Hall–Kier alpha value is -3.10. The highest BCUT2D eigenvalue weighted by atomic mass is 35.5. The lowest BCUT2D eigenvalue weighted by Gasteiger charge is -2.17. The summed E-state index contributed by atoms with van der Waals surface area (Å²) in [5.74, 6) is 1.80. The van der Waals surface area contributed by atoms with E-state index in [4.69, 9.17) is 32.7 Å². The molecule has 4 rings (SSSR count). The van der Waals surface area contributed by atoms with Gasteiger partial charge in [-0.3, -0.25) is 0 Å². The molecule has 4 N–H and O–H groups in total. The molecule has 0 aliphatic heterocycles. The van der Waals surface area contributed by atoms with Crippen molar-refractivity contribution in [2.24, 2.45) is 0 Å². The predicted molar refractivity (Wildman–Crippen MR) is 197 cm³/mol. The second kappa shape index (κ2) is 20.4. The first-order valence-electron chi connectivity index (χ1n) is 17.0. The second-order valence-electron chi connectivity index (χ2n) is 12.4. The number of rotatable bonds is 21. The molecule has 0 saturated heterocycles. The molecule has 0 aromatic heterocycles. The number of unbranched alkanes of at least 4 members (excludes halogenated alkanes) is 3. The molecule has 258 valence electrons. The third-order valence-electron chi connectivity index (χ3n) is 8.53. The molecule has 0 fully saturated rings. The Kier molecular flexibility index (Phi) is 16.0. The van der Waals surface area contributed by atoms with Gasteiger partial charge in [-0.1, -0.05) is 71.7 Å². The van der Waals surface area contributed by atoms with E-state index in [9.17, 15) is 10.2 Å². The number of hydrogen-bond donors (Lipinski definition) is 4. The van der Waals surface area contributed by atoms with Crippen molar-refractivity contribution in [3.05, 3.63) is 128 Å². The maximum atomic E-state index is 9.60. The van der Waals surface area contributed by atoms with Crippen molar-refractivity contribution >= 4 is 23.2 Å². The van der Waals surface area contributed by atoms with Crippen LogP contribution in [0.5, 0.6) is 11.5 Å². The lowest BCUT2D eigenvalue weighted by atomic mass is 10.1. The predicted octanol–water partition coefficient (Wildman–Crippen LogP) is 8.44. The van der Waals surface area contributed by atoms with Crippen molar-refractivity contribution in [1.29, 1.82) is 0 Å². The van der Waals surface area contributed by atoms with E-state index >= 15 is 0 Å². The van der Waals surface area contributed by atoms with E-state index in [2.05, 4.69) is 48.7 Å². The molecule has 48 heavy (non-hydrogen) atoms. The van der Waals surface area contributed by atoms with Crippen molar-refractivity contribution < 1.29 is 19.7 Å². The summed E-state index contributed by atoms with van der Waals surface area (Å²) in [6, 6.07) is 28.5. The van der Waals surface area contributed by atoms with E-state index in [0.29, 0.717) is 36.3 Å². The van der Waals surface area contributed by atoms with Crippen LogP contribution < -0.4 is 20.1 Å². The maximum Gasteiger partial charge on any atom is 0.119 e. The molecule has 0 spiro atoms. The smallest absolute Gasteiger partial charge is 0.119 e. The van der Waals surface area contributed by atoms with E-state index in [1.54, 1.807) is 0 Å². The van der Waals surface area contributed by atoms with Crippen molar-refractivity contribution in [2.75, 3.05) is 13.2 Å². The van der Waals surface area contributed by atoms with Crippen LogP contribution in [0.25, 0.3) is 0 Å². The van der Waals surface area contributed by atoms with Crippen LogP contribution in [0, 0.1) is 0 Å². The van der Waals surface area contributed by atoms with Gasteiger partial charge < -0.3 is 30.3 Å². The fourth-order valence-electron chi connectivity index (χ4n) is 5.68. The SMILES string of the molecule is CC(Cc1ccc(OCCCCCCOc2ccc(CC(C)NCc3c(Cl)cccc3CO)cc2)cc1)NCc1c(Cl)cccc1CO. The minimum atomic E-state index is -0.0150. The van der Waals surface area contributed by atoms with Gasteiger partial charge >= 0.3 is 0 Å². The van der Waals surface area contributed by atoms with Gasteiger partial charge in [0, 0.05) is 35.2 Å². The largest absolute Gasteiger partial charge is 0.494 e. The number of ether oxygens (including phenoxy) is 2. The quantitative estimate of drug-likeness (QED) is 0.0657. The van der Waals surface area contributed by atoms with Gasteiger partial charge in [-0.2, -0.15) is 0 Å². The van der Waals surface area contributed by atoms with Crippen LogP contribution in [-0.2, 0) is 39.1 Å². The minimum Gasteiger partial charge on any atom is -0.494 e. The van der Waals surface area contributed by atoms with Crippen molar-refractivity contribution in [1.82, 2.24) is 10.6 Å². The van der Waals surface area contributed by atoms with Gasteiger partial charge in [0.25, 0.3) is 0 Å². The average Bonchev–Trinajstić information content (AvgIpc) is 3.09. The van der Waals surface area contributed by atoms with Crippen LogP contribution in [0.4, 0.5) is 0 Å². The summed E-state index contributed by atoms with van der Waals surface area (Å²) in [4.78, 5) is 0. The molecule has 6 nitrogen and oxygen atoms in total. The summed E-state index contributed by atoms with van der Waals surface area (Å²) in [5, 5.41) is 27.6. The highest BCUT2D eigenvalue weighted by Gasteiger charge is 2.11. The Balaban J connectivity index is 1.04. The molecule has 0 saturated carbocycles. The molecule has 2 atom stereocenters. The van der Waals surface area contributed by atoms with Gasteiger partial charge in [0.15, 0.2) is 0 Å². The molecule has 0 heterocycles. The van der Waals surface area contributed by atoms with E-state index in [1.807, 2.05) is 60.7 Å². The van der Waals surface area contributed by atoms with Gasteiger partial charge in [-0.05, 0) is 122 Å². The van der Waals surface area contributed by atoms with E-state index in [-0.39, 0.29) is 25.3 Å². The molecular formula is C40H50Cl2N2O4. The Labute approximate surface area is 296 Å². The van der Waals surface area contributed by atoms with Crippen LogP contribution >= 0.6 is 23.2 Å². The molecule has 0 aliphatic rings. The lowest BCUT2D eigenvalue weighted by Crippen LogP contribution is -2.28. The number of aliphatic hydroxyl groups is 2. The molecule has 4 aromatic rings. The van der Waals surface area contributed by atoms with Gasteiger partial charge in [-0.25, -0.2) is 0 Å². The number of aliphatic hydroxyl groups excluding tert-OH is 2. The first kappa shape index (κ1) is 37.7. The highest BCUT2D eigenvalue weighted by Crippen LogP contribution is 2.22. The number of halogens is 2. The zero-order valence-electron chi connectivity index (χ0n) is 28.2. The second-order valence-corrected chi connectivity index (χ2v) is 13.3. The molecule has 0 radical (unpaired) electrons. The summed E-state index contributed by atoms with van der Waals surface area (Å²) >= 11 is 12.7. The molecule has 0 bridgehead atoms. The fraction of sp³-hybridized carbons (Fsp3) is 0.400. The first-order chi connectivity index (χ1) is 23.4. The Bertz CT molecular complexity index is 1400. The number of hydrogen-bond acceptors (Lipinski definition) is 6. The molecule has 4 aromatic carbocycles. The molecule has 0 aliphatic carbocycles. The van der Waals surface area contributed by atoms with Gasteiger partial charge in [-0.15, -0.1) is 0 Å². The van der Waals surface area contributed by atoms with E-state index in [0.717, 1.165) is 72.3 Å². The molecular weight excluding hydrogens is 643 g/mol. The van der Waals surface area contributed by atoms with Crippen LogP contribution in [0.15, 0.2) is 84.9 Å². The molecule has 2 unspecified atom stereocenters. The highest BCUT2D eigenvalue weighted by molar-refractivity contribution is 6.31. The van der Waals surface area contributed by atoms with Crippen molar-refractivity contribution in [2.45, 2.75) is 90.8 Å². The first-order valence-corrected chi connectivity index (χ1v) is 17.8. The minimum absolute atomic E-state index is 0.0150. The van der Waals surface area contributed by atoms with E-state index in [1.165, 1.54) is 11.1 Å². The lowest BCUT2D eigenvalue weighted by molar-refractivity contribution is 0.280. The van der Waals surface area contributed by atoms with Gasteiger partial charge in [0.2, 0.25) is 0 Å². The van der Waals surface area contributed by atoms with Crippen molar-refractivity contribution in [3.8, 4) is 11.5 Å². The van der Waals surface area contributed by atoms with Crippen LogP contribution in [-0.4, -0.2) is 35.5 Å². The van der Waals surface area contributed by atoms with Crippen LogP contribution in [0.2, 0.25) is 10.0 Å². The van der Waals surface area contributed by atoms with Crippen molar-refractivity contribution in [3.63, 3.8) is 0 Å². The summed E-state index contributed by atoms with van der Waals surface area (Å²) in [5.41, 5.74) is 6.12. The van der Waals surface area contributed by atoms with Gasteiger partial charge in [0.05, 0.1) is 26.4 Å². The van der Waals surface area contributed by atoms with E-state index < -0.39 is 0 Å². The summed E-state index contributed by atoms with van der Waals surface area (Å²) < 4.78 is 11.9. The Morgan fingerprint density at radius 3 is 1.33 bits per heavy atom. The Morgan fingerprint density at radius 2 is 0.958 bits per heavy atom. The molecule has 0 amide bonds. The average molecular weight is 694 g/mol. The molecule has 8 heteroatoms. The van der Waals surface area contributed by atoms with Crippen LogP contribution in [0.1, 0.15) is 72.9 Å². The topological polar surface area (TPSA) is 83.0 Å². The van der Waals surface area contributed by atoms with Crippen LogP contribution in [0.3, 0.4) is 0 Å². The Morgan fingerprint density at radius 1 is 0.562 bits per heavy atom. The normalized spacial score (nSPS) is 12.5. The zero-order valence-corrected chi connectivity index (χ0v) is 29.7. The third kappa shape index (κ3) is 12.4. The number of benzene rings is 4. The van der Waals surface area contributed by atoms with Gasteiger partial charge in [0.1, 0.15) is 11.5 Å². The summed E-state index contributed by atoms with van der Waals surface area (Å²) in [7, 11) is 0. The number of nitrogens with one attached hydrogen (secondary N) is 2. The standard InChI is InChI=1S/C40H50Cl2N2O4/c1-29(43-25-37-33(27-45)9-7-11-39(37)41)23-31-13-17-35(18-14-31)47-21-5-3-4-6-22-48-36-19-15-32(16-20-36)24-30(2)44-26-38-34(28-46)10-8-12-40(38)42/h7-20,29-30,43-46H,3-6,21-28H2,1-2H3. The monoisotopic (exact) mass is 692 g/mol. The fourth-order valence-corrected chi connectivity index (χ4v) is 6.21. The zero-order chi connectivity index (χ0) is 34.1.